The van der Waals surface area contributed by atoms with Crippen LogP contribution in [-0.2, 0) is 10.0 Å². The van der Waals surface area contributed by atoms with E-state index in [2.05, 4.69) is 0 Å². The molecule has 0 unspecified atom stereocenters. The molecule has 0 atom stereocenters. The van der Waals surface area contributed by atoms with Gasteiger partial charge in [-0.2, -0.15) is 0 Å². The highest BCUT2D eigenvalue weighted by Crippen LogP contribution is 2.25. The summed E-state index contributed by atoms with van der Waals surface area (Å²) in [6, 6.07) is 4.31. The van der Waals surface area contributed by atoms with Gasteiger partial charge in [-0.3, -0.25) is 4.79 Å². The van der Waals surface area contributed by atoms with Gasteiger partial charge in [-0.15, -0.1) is 0 Å². The zero-order valence-corrected chi connectivity index (χ0v) is 14.5. The Morgan fingerprint density at radius 1 is 1.24 bits per heavy atom. The topological polar surface area (TPSA) is 57.7 Å². The molecule has 0 heterocycles. The summed E-state index contributed by atoms with van der Waals surface area (Å²) in [5.41, 5.74) is 0.308. The van der Waals surface area contributed by atoms with Gasteiger partial charge in [0.15, 0.2) is 0 Å². The monoisotopic (exact) mass is 332 g/mol. The minimum absolute atomic E-state index is 0.0574. The number of carbonyl (C=O) groups excluding carboxylic acids is 1. The normalized spacial score (nSPS) is 12.0. The number of benzene rings is 1. The Balaban J connectivity index is 3.22. The summed E-state index contributed by atoms with van der Waals surface area (Å²) in [4.78, 5) is 13.8. The van der Waals surface area contributed by atoms with Crippen LogP contribution in [0.2, 0.25) is 5.02 Å². The van der Waals surface area contributed by atoms with E-state index in [1.807, 2.05) is 13.8 Å². The minimum Gasteiger partial charge on any atom is -0.341 e. The number of nitrogens with zero attached hydrogens (tertiary/aromatic N) is 2. The van der Waals surface area contributed by atoms with E-state index in [-0.39, 0.29) is 15.8 Å². The third-order valence-corrected chi connectivity index (χ3v) is 5.22. The molecular formula is C14H21ClN2O3S. The van der Waals surface area contributed by atoms with Crippen molar-refractivity contribution in [2.45, 2.75) is 18.7 Å². The fourth-order valence-electron chi connectivity index (χ4n) is 1.88. The Morgan fingerprint density at radius 3 is 2.29 bits per heavy atom. The van der Waals surface area contributed by atoms with E-state index in [0.29, 0.717) is 18.0 Å². The lowest BCUT2D eigenvalue weighted by molar-refractivity contribution is 0.0779. The zero-order valence-electron chi connectivity index (χ0n) is 12.9. The van der Waals surface area contributed by atoms with Crippen LogP contribution < -0.4 is 0 Å². The molecule has 0 aliphatic carbocycles. The lowest BCUT2D eigenvalue weighted by Crippen LogP contribution is -2.30. The standard InChI is InChI=1S/C14H21ClN2O3S/c1-10(2)9-17(5)14(18)11-6-7-12(15)13(8-11)21(19,20)16(3)4/h6-8,10H,9H2,1-5H3. The van der Waals surface area contributed by atoms with Gasteiger partial charge in [-0.05, 0) is 24.1 Å². The lowest BCUT2D eigenvalue weighted by Gasteiger charge is -2.20. The van der Waals surface area contributed by atoms with Gasteiger partial charge in [-0.25, -0.2) is 12.7 Å². The average Bonchev–Trinajstić information content (AvgIpc) is 2.37. The first-order chi connectivity index (χ1) is 9.57. The summed E-state index contributed by atoms with van der Waals surface area (Å²) in [5.74, 6) is 0.104. The smallest absolute Gasteiger partial charge is 0.253 e. The maximum atomic E-state index is 12.3. The van der Waals surface area contributed by atoms with Crippen LogP contribution >= 0.6 is 11.6 Å². The number of hydrogen-bond acceptors (Lipinski definition) is 3. The van der Waals surface area contributed by atoms with Crippen LogP contribution in [-0.4, -0.2) is 51.2 Å². The second-order valence-corrected chi connectivity index (χ2v) is 8.04. The first kappa shape index (κ1) is 17.9. The third-order valence-electron chi connectivity index (χ3n) is 2.92. The molecule has 0 aliphatic rings. The first-order valence-electron chi connectivity index (χ1n) is 6.55. The highest BCUT2D eigenvalue weighted by molar-refractivity contribution is 7.89. The van der Waals surface area contributed by atoms with Gasteiger partial charge in [0, 0.05) is 33.3 Å². The number of halogens is 1. The van der Waals surface area contributed by atoms with Crippen LogP contribution in [0.25, 0.3) is 0 Å². The summed E-state index contributed by atoms with van der Waals surface area (Å²) >= 11 is 5.96. The van der Waals surface area contributed by atoms with Crippen LogP contribution in [0.4, 0.5) is 0 Å². The number of amides is 1. The van der Waals surface area contributed by atoms with E-state index < -0.39 is 10.0 Å². The molecule has 0 saturated carbocycles. The third kappa shape index (κ3) is 4.18. The van der Waals surface area contributed by atoms with E-state index in [4.69, 9.17) is 11.6 Å². The van der Waals surface area contributed by atoms with E-state index in [0.717, 1.165) is 4.31 Å². The molecule has 21 heavy (non-hydrogen) atoms. The highest BCUT2D eigenvalue weighted by Gasteiger charge is 2.23. The fourth-order valence-corrected chi connectivity index (χ4v) is 3.28. The van der Waals surface area contributed by atoms with Crippen molar-refractivity contribution in [3.63, 3.8) is 0 Å². The van der Waals surface area contributed by atoms with Crippen LogP contribution in [0.1, 0.15) is 24.2 Å². The van der Waals surface area contributed by atoms with Gasteiger partial charge in [-0.1, -0.05) is 25.4 Å². The molecule has 1 aromatic carbocycles. The van der Waals surface area contributed by atoms with Crippen molar-refractivity contribution in [1.82, 2.24) is 9.21 Å². The van der Waals surface area contributed by atoms with E-state index in [1.165, 1.54) is 32.3 Å². The zero-order chi connectivity index (χ0) is 16.4. The molecule has 0 bridgehead atoms. The quantitative estimate of drug-likeness (QED) is 0.831. The van der Waals surface area contributed by atoms with Crippen LogP contribution in [0, 0.1) is 5.92 Å². The first-order valence-corrected chi connectivity index (χ1v) is 8.36. The molecule has 1 rings (SSSR count). The average molecular weight is 333 g/mol. The van der Waals surface area contributed by atoms with Crippen LogP contribution in [0.5, 0.6) is 0 Å². The van der Waals surface area contributed by atoms with Gasteiger partial charge in [0.1, 0.15) is 4.90 Å². The van der Waals surface area contributed by atoms with Crippen molar-refractivity contribution >= 4 is 27.5 Å². The molecule has 0 fully saturated rings. The maximum absolute atomic E-state index is 12.3. The second kappa shape index (κ2) is 6.77. The molecule has 1 aromatic rings. The predicted molar refractivity (Wildman–Crippen MR) is 84.1 cm³/mol. The Bertz CT molecular complexity index is 627. The highest BCUT2D eigenvalue weighted by atomic mass is 35.5. The largest absolute Gasteiger partial charge is 0.341 e. The Labute approximate surface area is 131 Å². The SMILES string of the molecule is CC(C)CN(C)C(=O)c1ccc(Cl)c(S(=O)(=O)N(C)C)c1. The van der Waals surface area contributed by atoms with Gasteiger partial charge in [0.2, 0.25) is 10.0 Å². The molecular weight excluding hydrogens is 312 g/mol. The number of rotatable bonds is 5. The molecule has 118 valence electrons. The van der Waals surface area contributed by atoms with Crippen molar-refractivity contribution in [3.8, 4) is 0 Å². The van der Waals surface area contributed by atoms with Crippen molar-refractivity contribution in [3.05, 3.63) is 28.8 Å². The lowest BCUT2D eigenvalue weighted by atomic mass is 10.1. The molecule has 0 spiro atoms. The van der Waals surface area contributed by atoms with E-state index in [1.54, 1.807) is 11.9 Å². The van der Waals surface area contributed by atoms with Crippen molar-refractivity contribution in [2.75, 3.05) is 27.7 Å². The predicted octanol–water partition coefficient (Wildman–Crippen LogP) is 2.32. The summed E-state index contributed by atoms with van der Waals surface area (Å²) in [6.45, 7) is 4.61. The molecule has 0 N–H and O–H groups in total. The Morgan fingerprint density at radius 2 is 1.81 bits per heavy atom. The molecule has 0 saturated heterocycles. The number of carbonyl (C=O) groups is 1. The summed E-state index contributed by atoms with van der Waals surface area (Å²) in [7, 11) is 0.853. The second-order valence-electron chi connectivity index (χ2n) is 5.51. The molecule has 7 heteroatoms. The summed E-state index contributed by atoms with van der Waals surface area (Å²) < 4.78 is 25.5. The van der Waals surface area contributed by atoms with Gasteiger partial charge in [0.25, 0.3) is 5.91 Å². The van der Waals surface area contributed by atoms with Gasteiger partial charge >= 0.3 is 0 Å². The van der Waals surface area contributed by atoms with Crippen LogP contribution in [0.15, 0.2) is 23.1 Å². The summed E-state index contributed by atoms with van der Waals surface area (Å²) in [6.07, 6.45) is 0. The maximum Gasteiger partial charge on any atom is 0.253 e. The van der Waals surface area contributed by atoms with E-state index in [9.17, 15) is 13.2 Å². The molecule has 5 nitrogen and oxygen atoms in total. The molecule has 1 amide bonds. The minimum atomic E-state index is -3.68. The fraction of sp³-hybridized carbons (Fsp3) is 0.500. The van der Waals surface area contributed by atoms with Crippen molar-refractivity contribution in [2.24, 2.45) is 5.92 Å². The Hall–Kier alpha value is -1.11. The van der Waals surface area contributed by atoms with Crippen LogP contribution in [0.3, 0.4) is 0 Å². The van der Waals surface area contributed by atoms with Gasteiger partial charge < -0.3 is 4.90 Å². The molecule has 0 radical (unpaired) electrons. The molecule has 0 aromatic heterocycles. The van der Waals surface area contributed by atoms with Gasteiger partial charge in [0.05, 0.1) is 5.02 Å². The molecule has 0 aliphatic heterocycles. The Kier molecular flexibility index (Phi) is 5.78. The number of hydrogen-bond donors (Lipinski definition) is 0. The van der Waals surface area contributed by atoms with Crippen molar-refractivity contribution in [1.29, 1.82) is 0 Å². The van der Waals surface area contributed by atoms with E-state index >= 15 is 0 Å². The van der Waals surface area contributed by atoms with Crippen molar-refractivity contribution < 1.29 is 13.2 Å². The number of sulfonamides is 1. The summed E-state index contributed by atoms with van der Waals surface area (Å²) in [5, 5.41) is 0.103.